The van der Waals surface area contributed by atoms with Gasteiger partial charge in [0.05, 0.1) is 12.1 Å². The minimum Gasteiger partial charge on any atom is -0.366 e. The summed E-state index contributed by atoms with van der Waals surface area (Å²) in [5.41, 5.74) is 1.96. The first kappa shape index (κ1) is 18.5. The summed E-state index contributed by atoms with van der Waals surface area (Å²) in [4.78, 5) is 15.5. The van der Waals surface area contributed by atoms with E-state index < -0.39 is 6.10 Å². The number of morpholine rings is 1. The quantitative estimate of drug-likeness (QED) is 0.878. The van der Waals surface area contributed by atoms with Crippen LogP contribution in [0.25, 0.3) is 0 Å². The van der Waals surface area contributed by atoms with Crippen LogP contribution in [0, 0.1) is 0 Å². The summed E-state index contributed by atoms with van der Waals surface area (Å²) in [6.45, 7) is 2.99. The Kier molecular flexibility index (Phi) is 5.48. The molecule has 2 aliphatic rings. The number of rotatable bonds is 4. The topological polar surface area (TPSA) is 41.6 Å². The van der Waals surface area contributed by atoms with Crippen molar-refractivity contribution in [3.63, 3.8) is 0 Å². The Balaban J connectivity index is 1.59. The first-order valence-electron chi connectivity index (χ1n) is 9.58. The molecular formula is C22H25ClN2O2. The van der Waals surface area contributed by atoms with Gasteiger partial charge < -0.3 is 15.0 Å². The molecule has 1 atom stereocenters. The van der Waals surface area contributed by atoms with Crippen LogP contribution in [0.5, 0.6) is 0 Å². The van der Waals surface area contributed by atoms with E-state index in [0.717, 1.165) is 37.1 Å². The zero-order valence-electron chi connectivity index (χ0n) is 15.4. The van der Waals surface area contributed by atoms with Crippen molar-refractivity contribution in [1.29, 1.82) is 0 Å². The predicted octanol–water partition coefficient (Wildman–Crippen LogP) is 3.43. The largest absolute Gasteiger partial charge is 0.366 e. The summed E-state index contributed by atoms with van der Waals surface area (Å²) in [6, 6.07) is 17.9. The summed E-state index contributed by atoms with van der Waals surface area (Å²) < 4.78 is 6.13. The monoisotopic (exact) mass is 384 g/mol. The molecule has 2 aliphatic heterocycles. The zero-order chi connectivity index (χ0) is 18.7. The van der Waals surface area contributed by atoms with Crippen LogP contribution < -0.4 is 5.32 Å². The molecule has 1 unspecified atom stereocenters. The molecule has 2 fully saturated rings. The number of benzene rings is 2. The molecule has 4 rings (SSSR count). The van der Waals surface area contributed by atoms with Crippen molar-refractivity contribution < 1.29 is 9.53 Å². The van der Waals surface area contributed by atoms with Crippen LogP contribution in [-0.2, 0) is 22.5 Å². The predicted molar refractivity (Wildman–Crippen MR) is 107 cm³/mol. The van der Waals surface area contributed by atoms with Gasteiger partial charge in [-0.15, -0.1) is 0 Å². The third-order valence-electron chi connectivity index (χ3n) is 5.70. The normalized spacial score (nSPS) is 22.2. The second-order valence-corrected chi connectivity index (χ2v) is 7.95. The number of nitrogens with zero attached hydrogens (tertiary/aromatic N) is 1. The van der Waals surface area contributed by atoms with Crippen molar-refractivity contribution in [2.75, 3.05) is 19.7 Å². The minimum atomic E-state index is -0.424. The molecule has 0 aliphatic carbocycles. The molecule has 0 bridgehead atoms. The maximum Gasteiger partial charge on any atom is 0.252 e. The lowest BCUT2D eigenvalue weighted by Crippen LogP contribution is -2.65. The summed E-state index contributed by atoms with van der Waals surface area (Å²) in [7, 11) is 0. The second kappa shape index (κ2) is 8.01. The van der Waals surface area contributed by atoms with E-state index in [2.05, 4.69) is 10.2 Å². The molecule has 2 saturated heterocycles. The van der Waals surface area contributed by atoms with E-state index in [1.807, 2.05) is 54.6 Å². The lowest BCUT2D eigenvalue weighted by atomic mass is 9.84. The number of carbonyl (C=O) groups is 1. The smallest absolute Gasteiger partial charge is 0.252 e. The third-order valence-corrected chi connectivity index (χ3v) is 5.93. The summed E-state index contributed by atoms with van der Waals surface area (Å²) in [6.07, 6.45) is 2.02. The molecule has 1 spiro atoms. The van der Waals surface area contributed by atoms with Crippen molar-refractivity contribution in [3.8, 4) is 0 Å². The maximum atomic E-state index is 13.4. The van der Waals surface area contributed by atoms with E-state index in [4.69, 9.17) is 16.3 Å². The van der Waals surface area contributed by atoms with Crippen LogP contribution in [0.15, 0.2) is 54.6 Å². The van der Waals surface area contributed by atoms with E-state index in [-0.39, 0.29) is 11.4 Å². The fourth-order valence-electron chi connectivity index (χ4n) is 4.16. The molecular weight excluding hydrogens is 360 g/mol. The molecule has 0 aromatic heterocycles. The lowest BCUT2D eigenvalue weighted by Gasteiger charge is -2.51. The van der Waals surface area contributed by atoms with Gasteiger partial charge >= 0.3 is 0 Å². The first-order valence-corrected chi connectivity index (χ1v) is 9.96. The molecule has 0 saturated carbocycles. The van der Waals surface area contributed by atoms with Crippen molar-refractivity contribution in [3.05, 3.63) is 70.7 Å². The number of ether oxygens (including phenoxy) is 1. The Morgan fingerprint density at radius 2 is 1.81 bits per heavy atom. The Morgan fingerprint density at radius 1 is 1.07 bits per heavy atom. The van der Waals surface area contributed by atoms with Gasteiger partial charge in [-0.2, -0.15) is 0 Å². The number of hydrogen-bond acceptors (Lipinski definition) is 3. The average molecular weight is 385 g/mol. The minimum absolute atomic E-state index is 0.0898. The van der Waals surface area contributed by atoms with Crippen molar-refractivity contribution in [2.45, 2.75) is 37.5 Å². The molecule has 0 radical (unpaired) electrons. The van der Waals surface area contributed by atoms with Crippen LogP contribution in [0.1, 0.15) is 24.0 Å². The molecule has 1 N–H and O–H groups in total. The molecule has 2 aromatic carbocycles. The Labute approximate surface area is 165 Å². The number of halogens is 1. The number of carbonyl (C=O) groups excluding carboxylic acids is 1. The van der Waals surface area contributed by atoms with Gasteiger partial charge in [-0.1, -0.05) is 54.1 Å². The van der Waals surface area contributed by atoms with Crippen molar-refractivity contribution >= 4 is 17.5 Å². The standard InChI is InChI=1S/C22H25ClN2O2/c23-19-8-4-7-18(13-19)15-25-21(26)20(14-17-5-2-1-3-6-17)27-16-22(25)9-11-24-12-10-22/h1-8,13,20,24H,9-12,14-16H2. The average Bonchev–Trinajstić information content (AvgIpc) is 2.69. The van der Waals surface area contributed by atoms with Crippen LogP contribution in [-0.4, -0.2) is 42.1 Å². The van der Waals surface area contributed by atoms with Crippen LogP contribution in [0.4, 0.5) is 0 Å². The van der Waals surface area contributed by atoms with Gasteiger partial charge in [0.15, 0.2) is 0 Å². The molecule has 5 heteroatoms. The molecule has 2 heterocycles. The highest BCUT2D eigenvalue weighted by Gasteiger charge is 2.47. The molecule has 1 amide bonds. The molecule has 4 nitrogen and oxygen atoms in total. The van der Waals surface area contributed by atoms with Gasteiger partial charge in [0.1, 0.15) is 6.10 Å². The van der Waals surface area contributed by atoms with E-state index in [1.165, 1.54) is 0 Å². The Morgan fingerprint density at radius 3 is 2.56 bits per heavy atom. The number of nitrogens with one attached hydrogen (secondary N) is 1. The Hall–Kier alpha value is -1.88. The van der Waals surface area contributed by atoms with E-state index >= 15 is 0 Å². The van der Waals surface area contributed by atoms with E-state index in [9.17, 15) is 4.79 Å². The fourth-order valence-corrected chi connectivity index (χ4v) is 4.37. The zero-order valence-corrected chi connectivity index (χ0v) is 16.1. The highest BCUT2D eigenvalue weighted by Crippen LogP contribution is 2.34. The van der Waals surface area contributed by atoms with Gasteiger partial charge in [0.2, 0.25) is 0 Å². The summed E-state index contributed by atoms with van der Waals surface area (Å²) in [5, 5.41) is 4.10. The van der Waals surface area contributed by atoms with Crippen LogP contribution >= 0.6 is 11.6 Å². The fraction of sp³-hybridized carbons (Fsp3) is 0.409. The van der Waals surface area contributed by atoms with Gasteiger partial charge in [0.25, 0.3) is 5.91 Å². The Bertz CT molecular complexity index is 790. The van der Waals surface area contributed by atoms with Gasteiger partial charge in [-0.3, -0.25) is 4.79 Å². The van der Waals surface area contributed by atoms with Crippen LogP contribution in [0.3, 0.4) is 0 Å². The van der Waals surface area contributed by atoms with Crippen molar-refractivity contribution in [2.24, 2.45) is 0 Å². The second-order valence-electron chi connectivity index (χ2n) is 7.52. The van der Waals surface area contributed by atoms with Crippen molar-refractivity contribution in [1.82, 2.24) is 10.2 Å². The number of hydrogen-bond donors (Lipinski definition) is 1. The summed E-state index contributed by atoms with van der Waals surface area (Å²) in [5.74, 6) is 0.0898. The lowest BCUT2D eigenvalue weighted by molar-refractivity contribution is -0.175. The highest BCUT2D eigenvalue weighted by atomic mass is 35.5. The first-order chi connectivity index (χ1) is 13.2. The van der Waals surface area contributed by atoms with Gasteiger partial charge in [-0.25, -0.2) is 0 Å². The number of piperidine rings is 1. The maximum absolute atomic E-state index is 13.4. The van der Waals surface area contributed by atoms with E-state index in [0.29, 0.717) is 24.6 Å². The third kappa shape index (κ3) is 4.03. The summed E-state index contributed by atoms with van der Waals surface area (Å²) >= 11 is 6.17. The van der Waals surface area contributed by atoms with Gasteiger partial charge in [0, 0.05) is 18.0 Å². The van der Waals surface area contributed by atoms with E-state index in [1.54, 1.807) is 0 Å². The number of amides is 1. The molecule has 27 heavy (non-hydrogen) atoms. The highest BCUT2D eigenvalue weighted by molar-refractivity contribution is 6.30. The SMILES string of the molecule is O=C1C(Cc2ccccc2)OCC2(CCNCC2)N1Cc1cccc(Cl)c1. The van der Waals surface area contributed by atoms with Crippen LogP contribution in [0.2, 0.25) is 5.02 Å². The molecule has 142 valence electrons. The molecule has 2 aromatic rings. The van der Waals surface area contributed by atoms with Gasteiger partial charge in [-0.05, 0) is 49.2 Å².